The summed E-state index contributed by atoms with van der Waals surface area (Å²) in [5.74, 6) is -0.867. The summed E-state index contributed by atoms with van der Waals surface area (Å²) < 4.78 is 32.8. The first kappa shape index (κ1) is 22.2. The summed E-state index contributed by atoms with van der Waals surface area (Å²) in [7, 11) is 0. The zero-order valence-electron chi connectivity index (χ0n) is 17.3. The Morgan fingerprint density at radius 1 is 1.20 bits per heavy atom. The van der Waals surface area contributed by atoms with Crippen LogP contribution in [0.5, 0.6) is 5.75 Å². The van der Waals surface area contributed by atoms with Gasteiger partial charge in [-0.25, -0.2) is 8.78 Å². The molecule has 3 rings (SSSR count). The molecule has 2 aromatic rings. The highest BCUT2D eigenvalue weighted by molar-refractivity contribution is 5.73. The van der Waals surface area contributed by atoms with Crippen molar-refractivity contribution < 1.29 is 23.4 Å². The van der Waals surface area contributed by atoms with Crippen molar-refractivity contribution >= 4 is 5.91 Å². The Bertz CT molecular complexity index is 870. The minimum atomic E-state index is -0.944. The SMILES string of the molecule is CCc1ccc2c(c1)[C@H](NC[C@H](O)[C@H](Cc1cc(F)cc(F)c1)NC(C)=O)CCO2. The highest BCUT2D eigenvalue weighted by Gasteiger charge is 2.25. The fourth-order valence-corrected chi connectivity index (χ4v) is 3.81. The Labute approximate surface area is 175 Å². The molecule has 1 aliphatic heterocycles. The van der Waals surface area contributed by atoms with Gasteiger partial charge in [-0.05, 0) is 42.2 Å². The molecule has 30 heavy (non-hydrogen) atoms. The van der Waals surface area contributed by atoms with Gasteiger partial charge in [0.1, 0.15) is 17.4 Å². The molecule has 0 aliphatic carbocycles. The zero-order chi connectivity index (χ0) is 21.7. The van der Waals surface area contributed by atoms with Crippen LogP contribution in [0.2, 0.25) is 0 Å². The minimum Gasteiger partial charge on any atom is -0.493 e. The van der Waals surface area contributed by atoms with Gasteiger partial charge in [0.05, 0.1) is 18.8 Å². The van der Waals surface area contributed by atoms with E-state index in [1.54, 1.807) is 0 Å². The molecule has 0 aromatic heterocycles. The summed E-state index contributed by atoms with van der Waals surface area (Å²) in [6.07, 6.45) is 0.840. The highest BCUT2D eigenvalue weighted by atomic mass is 19.1. The lowest BCUT2D eigenvalue weighted by Crippen LogP contribution is -2.48. The largest absolute Gasteiger partial charge is 0.493 e. The first-order chi connectivity index (χ1) is 14.4. The third-order valence-electron chi connectivity index (χ3n) is 5.33. The van der Waals surface area contributed by atoms with Crippen LogP contribution in [-0.2, 0) is 17.6 Å². The lowest BCUT2D eigenvalue weighted by atomic mass is 9.96. The number of hydrogen-bond acceptors (Lipinski definition) is 4. The molecule has 0 fully saturated rings. The molecule has 1 heterocycles. The quantitative estimate of drug-likeness (QED) is 0.616. The number of amides is 1. The molecule has 3 N–H and O–H groups in total. The van der Waals surface area contributed by atoms with Crippen molar-refractivity contribution in [2.75, 3.05) is 13.2 Å². The second-order valence-electron chi connectivity index (χ2n) is 7.68. The van der Waals surface area contributed by atoms with Gasteiger partial charge in [0, 0.05) is 37.6 Å². The summed E-state index contributed by atoms with van der Waals surface area (Å²) in [4.78, 5) is 11.6. The summed E-state index contributed by atoms with van der Waals surface area (Å²) >= 11 is 0. The van der Waals surface area contributed by atoms with Crippen molar-refractivity contribution in [3.05, 3.63) is 64.7 Å². The Balaban J connectivity index is 1.69. The number of carbonyl (C=O) groups excluding carboxylic acids is 1. The second kappa shape index (κ2) is 10.00. The molecule has 0 saturated heterocycles. The number of halogens is 2. The average Bonchev–Trinajstić information content (AvgIpc) is 2.70. The van der Waals surface area contributed by atoms with Crippen LogP contribution in [0.1, 0.15) is 43.0 Å². The fourth-order valence-electron chi connectivity index (χ4n) is 3.81. The molecule has 7 heteroatoms. The van der Waals surface area contributed by atoms with Crippen LogP contribution in [0.3, 0.4) is 0 Å². The van der Waals surface area contributed by atoms with E-state index in [4.69, 9.17) is 4.74 Å². The predicted molar refractivity (Wildman–Crippen MR) is 110 cm³/mol. The number of aliphatic hydroxyl groups excluding tert-OH is 1. The van der Waals surface area contributed by atoms with Gasteiger partial charge in [-0.3, -0.25) is 4.79 Å². The minimum absolute atomic E-state index is 0.0134. The van der Waals surface area contributed by atoms with Crippen molar-refractivity contribution in [3.8, 4) is 5.75 Å². The monoisotopic (exact) mass is 418 g/mol. The number of carbonyl (C=O) groups is 1. The van der Waals surface area contributed by atoms with Crippen molar-refractivity contribution in [1.29, 1.82) is 0 Å². The molecule has 5 nitrogen and oxygen atoms in total. The molecule has 3 atom stereocenters. The van der Waals surface area contributed by atoms with Crippen LogP contribution >= 0.6 is 0 Å². The molecule has 0 radical (unpaired) electrons. The van der Waals surface area contributed by atoms with Gasteiger partial charge in [0.15, 0.2) is 0 Å². The van der Waals surface area contributed by atoms with E-state index in [2.05, 4.69) is 23.6 Å². The Hall–Kier alpha value is -2.51. The van der Waals surface area contributed by atoms with E-state index in [9.17, 15) is 18.7 Å². The second-order valence-corrected chi connectivity index (χ2v) is 7.68. The van der Waals surface area contributed by atoms with Gasteiger partial charge < -0.3 is 20.5 Å². The molecule has 162 valence electrons. The molecule has 0 unspecified atom stereocenters. The molecule has 0 bridgehead atoms. The first-order valence-electron chi connectivity index (χ1n) is 10.2. The Morgan fingerprint density at radius 2 is 1.93 bits per heavy atom. The molecule has 1 amide bonds. The first-order valence-corrected chi connectivity index (χ1v) is 10.2. The number of nitrogens with one attached hydrogen (secondary N) is 2. The van der Waals surface area contributed by atoms with Crippen molar-refractivity contribution in [1.82, 2.24) is 10.6 Å². The maximum atomic E-state index is 13.5. The number of rotatable bonds is 8. The van der Waals surface area contributed by atoms with Crippen LogP contribution in [-0.4, -0.2) is 36.3 Å². The van der Waals surface area contributed by atoms with Crippen molar-refractivity contribution in [2.24, 2.45) is 0 Å². The number of ether oxygens (including phenoxy) is 1. The zero-order valence-corrected chi connectivity index (χ0v) is 17.3. The van der Waals surface area contributed by atoms with Crippen LogP contribution in [0, 0.1) is 11.6 Å². The summed E-state index contributed by atoms with van der Waals surface area (Å²) in [6, 6.07) is 8.66. The van der Waals surface area contributed by atoms with Crippen molar-refractivity contribution in [3.63, 3.8) is 0 Å². The lowest BCUT2D eigenvalue weighted by Gasteiger charge is -2.30. The number of fused-ring (bicyclic) bond motifs is 1. The fraction of sp³-hybridized carbons (Fsp3) is 0.435. The third kappa shape index (κ3) is 5.77. The van der Waals surface area contributed by atoms with E-state index in [-0.39, 0.29) is 24.9 Å². The molecular formula is C23H28F2N2O3. The van der Waals surface area contributed by atoms with Gasteiger partial charge in [-0.15, -0.1) is 0 Å². The molecule has 2 aromatic carbocycles. The number of aryl methyl sites for hydroxylation is 1. The van der Waals surface area contributed by atoms with E-state index in [1.807, 2.05) is 12.1 Å². The average molecular weight is 418 g/mol. The maximum Gasteiger partial charge on any atom is 0.217 e. The number of benzene rings is 2. The molecule has 0 spiro atoms. The Morgan fingerprint density at radius 3 is 2.60 bits per heavy atom. The van der Waals surface area contributed by atoms with Gasteiger partial charge in [-0.2, -0.15) is 0 Å². The van der Waals surface area contributed by atoms with E-state index in [1.165, 1.54) is 24.6 Å². The van der Waals surface area contributed by atoms with E-state index in [0.29, 0.717) is 12.2 Å². The smallest absolute Gasteiger partial charge is 0.217 e. The van der Waals surface area contributed by atoms with Gasteiger partial charge >= 0.3 is 0 Å². The lowest BCUT2D eigenvalue weighted by molar-refractivity contribution is -0.120. The van der Waals surface area contributed by atoms with Crippen LogP contribution < -0.4 is 15.4 Å². The number of hydrogen-bond donors (Lipinski definition) is 3. The van der Waals surface area contributed by atoms with Crippen LogP contribution in [0.15, 0.2) is 36.4 Å². The summed E-state index contributed by atoms with van der Waals surface area (Å²) in [5.41, 5.74) is 2.63. The van der Waals surface area contributed by atoms with Crippen LogP contribution in [0.4, 0.5) is 8.78 Å². The predicted octanol–water partition coefficient (Wildman–Crippen LogP) is 3.05. The Kier molecular flexibility index (Phi) is 7.39. The highest BCUT2D eigenvalue weighted by Crippen LogP contribution is 2.33. The summed E-state index contributed by atoms with van der Waals surface area (Å²) in [6.45, 7) is 4.22. The van der Waals surface area contributed by atoms with E-state index >= 15 is 0 Å². The molecule has 0 saturated carbocycles. The normalized spacial score (nSPS) is 17.6. The maximum absolute atomic E-state index is 13.5. The number of aliphatic hydroxyl groups is 1. The summed E-state index contributed by atoms with van der Waals surface area (Å²) in [5, 5.41) is 16.8. The van der Waals surface area contributed by atoms with Gasteiger partial charge in [-0.1, -0.05) is 19.1 Å². The van der Waals surface area contributed by atoms with Crippen LogP contribution in [0.25, 0.3) is 0 Å². The van der Waals surface area contributed by atoms with Gasteiger partial charge in [0.2, 0.25) is 5.91 Å². The standard InChI is InChI=1S/C23H28F2N2O3/c1-3-15-4-5-23-19(10-15)20(6-7-30-23)26-13-22(29)21(27-14(2)28)11-16-8-17(24)12-18(25)9-16/h4-5,8-10,12,20-22,26,29H,3,6-7,11,13H2,1-2H3,(H,27,28)/t20-,21+,22+/m1/s1. The van der Waals surface area contributed by atoms with E-state index < -0.39 is 23.8 Å². The van der Waals surface area contributed by atoms with Gasteiger partial charge in [0.25, 0.3) is 0 Å². The van der Waals surface area contributed by atoms with Crippen molar-refractivity contribution in [2.45, 2.75) is 51.3 Å². The molecular weight excluding hydrogens is 390 g/mol. The topological polar surface area (TPSA) is 70.6 Å². The third-order valence-corrected chi connectivity index (χ3v) is 5.33. The van der Waals surface area contributed by atoms with E-state index in [0.717, 1.165) is 30.2 Å². The molecule has 1 aliphatic rings.